The first-order valence-corrected chi connectivity index (χ1v) is 6.30. The Balaban J connectivity index is 2.21. The highest BCUT2D eigenvalue weighted by molar-refractivity contribution is 6.03. The van der Waals surface area contributed by atoms with Crippen LogP contribution in [0.2, 0.25) is 0 Å². The van der Waals surface area contributed by atoms with Crippen molar-refractivity contribution in [3.8, 4) is 5.75 Å². The average molecular weight is 287 g/mol. The number of hydrogen-bond donors (Lipinski definition) is 0. The van der Waals surface area contributed by atoms with Gasteiger partial charge in [0, 0.05) is 33.4 Å². The lowest BCUT2D eigenvalue weighted by molar-refractivity contribution is 0.0987. The summed E-state index contributed by atoms with van der Waals surface area (Å²) in [5.74, 6) is 1.52. The zero-order chi connectivity index (χ0) is 15.4. The molecule has 2 aromatic rings. The third-order valence-corrected chi connectivity index (χ3v) is 2.92. The molecule has 7 heteroatoms. The lowest BCUT2D eigenvalue weighted by Crippen LogP contribution is -2.28. The topological polar surface area (TPSA) is 71.5 Å². The van der Waals surface area contributed by atoms with Gasteiger partial charge in [-0.1, -0.05) is 0 Å². The van der Waals surface area contributed by atoms with Crippen molar-refractivity contribution in [2.45, 2.75) is 0 Å². The van der Waals surface area contributed by atoms with Gasteiger partial charge in [-0.05, 0) is 6.07 Å². The molecule has 2 heterocycles. The Morgan fingerprint density at radius 3 is 2.43 bits per heavy atom. The Morgan fingerprint density at radius 1 is 1.10 bits per heavy atom. The molecule has 0 spiro atoms. The second-order valence-electron chi connectivity index (χ2n) is 4.57. The van der Waals surface area contributed by atoms with Crippen LogP contribution in [0.25, 0.3) is 0 Å². The van der Waals surface area contributed by atoms with Crippen LogP contribution in [-0.2, 0) is 0 Å². The van der Waals surface area contributed by atoms with E-state index in [9.17, 15) is 4.79 Å². The highest BCUT2D eigenvalue weighted by Gasteiger charge is 2.17. The average Bonchev–Trinajstić information content (AvgIpc) is 2.53. The third-order valence-electron chi connectivity index (χ3n) is 2.92. The number of aromatic nitrogens is 3. The van der Waals surface area contributed by atoms with Crippen molar-refractivity contribution in [3.63, 3.8) is 0 Å². The summed E-state index contributed by atoms with van der Waals surface area (Å²) in [6.45, 7) is 0. The number of carbonyl (C=O) groups excluding carboxylic acids is 1. The fourth-order valence-electron chi connectivity index (χ4n) is 1.65. The molecule has 0 atom stereocenters. The van der Waals surface area contributed by atoms with Crippen LogP contribution in [-0.4, -0.2) is 49.1 Å². The minimum Gasteiger partial charge on any atom is -0.497 e. The van der Waals surface area contributed by atoms with Crippen molar-refractivity contribution in [1.82, 2.24) is 15.0 Å². The molecule has 2 aromatic heterocycles. The molecule has 0 radical (unpaired) electrons. The largest absolute Gasteiger partial charge is 0.497 e. The number of ether oxygens (including phenoxy) is 1. The van der Waals surface area contributed by atoms with Crippen LogP contribution in [0, 0.1) is 0 Å². The lowest BCUT2D eigenvalue weighted by Gasteiger charge is -2.16. The summed E-state index contributed by atoms with van der Waals surface area (Å²) >= 11 is 0. The van der Waals surface area contributed by atoms with Crippen molar-refractivity contribution in [1.29, 1.82) is 0 Å². The maximum Gasteiger partial charge on any atom is 0.279 e. The molecule has 0 aliphatic heterocycles. The molecule has 0 fully saturated rings. The van der Waals surface area contributed by atoms with Gasteiger partial charge in [0.2, 0.25) is 0 Å². The normalized spacial score (nSPS) is 10.1. The van der Waals surface area contributed by atoms with Gasteiger partial charge in [0.1, 0.15) is 23.1 Å². The van der Waals surface area contributed by atoms with Crippen LogP contribution in [0.3, 0.4) is 0 Å². The molecule has 0 saturated carbocycles. The van der Waals surface area contributed by atoms with E-state index in [1.165, 1.54) is 11.1 Å². The van der Waals surface area contributed by atoms with Crippen LogP contribution >= 0.6 is 0 Å². The Morgan fingerprint density at radius 2 is 1.86 bits per heavy atom. The number of methoxy groups -OCH3 is 1. The van der Waals surface area contributed by atoms with Gasteiger partial charge in [-0.15, -0.1) is 0 Å². The molecule has 0 saturated heterocycles. The quantitative estimate of drug-likeness (QED) is 0.842. The molecule has 0 aromatic carbocycles. The van der Waals surface area contributed by atoms with E-state index in [2.05, 4.69) is 15.0 Å². The summed E-state index contributed by atoms with van der Waals surface area (Å²) in [7, 11) is 6.91. The molecule has 2 rings (SSSR count). The fourth-order valence-corrected chi connectivity index (χ4v) is 1.65. The first-order valence-electron chi connectivity index (χ1n) is 6.30. The Kier molecular flexibility index (Phi) is 4.32. The summed E-state index contributed by atoms with van der Waals surface area (Å²) in [5.41, 5.74) is 0.257. The van der Waals surface area contributed by atoms with Gasteiger partial charge in [0.25, 0.3) is 5.91 Å². The second kappa shape index (κ2) is 6.17. The van der Waals surface area contributed by atoms with Crippen molar-refractivity contribution in [2.75, 3.05) is 38.1 Å². The molecule has 0 bridgehead atoms. The lowest BCUT2D eigenvalue weighted by atomic mass is 10.3. The number of amides is 1. The summed E-state index contributed by atoms with van der Waals surface area (Å²) in [4.78, 5) is 28.0. The molecule has 0 unspecified atom stereocenters. The van der Waals surface area contributed by atoms with Gasteiger partial charge >= 0.3 is 0 Å². The van der Waals surface area contributed by atoms with Crippen molar-refractivity contribution >= 4 is 17.5 Å². The predicted molar refractivity (Wildman–Crippen MR) is 79.9 cm³/mol. The van der Waals surface area contributed by atoms with E-state index in [-0.39, 0.29) is 11.6 Å². The molecule has 21 heavy (non-hydrogen) atoms. The van der Waals surface area contributed by atoms with E-state index in [0.717, 1.165) is 0 Å². The highest BCUT2D eigenvalue weighted by atomic mass is 16.5. The van der Waals surface area contributed by atoms with Gasteiger partial charge < -0.3 is 9.64 Å². The Hall–Kier alpha value is -2.70. The summed E-state index contributed by atoms with van der Waals surface area (Å²) in [6, 6.07) is 3.40. The number of carbonyl (C=O) groups is 1. The molecular weight excluding hydrogens is 270 g/mol. The molecule has 110 valence electrons. The highest BCUT2D eigenvalue weighted by Crippen LogP contribution is 2.18. The fraction of sp³-hybridized carbons (Fsp3) is 0.286. The van der Waals surface area contributed by atoms with Crippen LogP contribution in [0.15, 0.2) is 30.7 Å². The van der Waals surface area contributed by atoms with Gasteiger partial charge in [-0.25, -0.2) is 15.0 Å². The maximum atomic E-state index is 12.4. The SMILES string of the molecule is COc1ccnc(N(C)C(=O)c2cnc(N(C)C)cn2)c1. The standard InChI is InChI=1S/C14H17N5O2/c1-18(2)13-9-16-11(8-17-13)14(20)19(3)12-7-10(21-4)5-6-15-12/h5-9H,1-4H3. The van der Waals surface area contributed by atoms with Crippen molar-refractivity contribution in [3.05, 3.63) is 36.4 Å². The maximum absolute atomic E-state index is 12.4. The Bertz CT molecular complexity index is 628. The predicted octanol–water partition coefficient (Wildman–Crippen LogP) is 1.22. The minimum atomic E-state index is -0.284. The third kappa shape index (κ3) is 3.25. The van der Waals surface area contributed by atoms with E-state index >= 15 is 0 Å². The van der Waals surface area contributed by atoms with E-state index in [1.807, 2.05) is 19.0 Å². The zero-order valence-corrected chi connectivity index (χ0v) is 12.4. The zero-order valence-electron chi connectivity index (χ0n) is 12.4. The molecule has 1 amide bonds. The smallest absolute Gasteiger partial charge is 0.279 e. The molecule has 0 aliphatic carbocycles. The van der Waals surface area contributed by atoms with Gasteiger partial charge in [0.05, 0.1) is 19.5 Å². The van der Waals surface area contributed by atoms with Crippen LogP contribution < -0.4 is 14.5 Å². The molecular formula is C14H17N5O2. The van der Waals surface area contributed by atoms with Crippen LogP contribution in [0.4, 0.5) is 11.6 Å². The summed E-state index contributed by atoms with van der Waals surface area (Å²) in [5, 5.41) is 0. The van der Waals surface area contributed by atoms with Crippen molar-refractivity contribution in [2.24, 2.45) is 0 Å². The van der Waals surface area contributed by atoms with Gasteiger partial charge in [0.15, 0.2) is 0 Å². The molecule has 7 nitrogen and oxygen atoms in total. The van der Waals surface area contributed by atoms with E-state index in [0.29, 0.717) is 17.4 Å². The number of rotatable bonds is 4. The van der Waals surface area contributed by atoms with Crippen molar-refractivity contribution < 1.29 is 9.53 Å². The van der Waals surface area contributed by atoms with Gasteiger partial charge in [-0.3, -0.25) is 9.69 Å². The minimum absolute atomic E-state index is 0.257. The van der Waals surface area contributed by atoms with Crippen LogP contribution in [0.1, 0.15) is 10.5 Å². The van der Waals surface area contributed by atoms with Crippen LogP contribution in [0.5, 0.6) is 5.75 Å². The summed E-state index contributed by atoms with van der Waals surface area (Å²) < 4.78 is 5.12. The number of hydrogen-bond acceptors (Lipinski definition) is 6. The number of pyridine rings is 1. The summed E-state index contributed by atoms with van der Waals surface area (Å²) in [6.07, 6.45) is 4.59. The Labute approximate surface area is 123 Å². The van der Waals surface area contributed by atoms with E-state index in [4.69, 9.17) is 4.74 Å². The van der Waals surface area contributed by atoms with E-state index < -0.39 is 0 Å². The first-order chi connectivity index (χ1) is 10.0. The molecule has 0 aliphatic rings. The first kappa shape index (κ1) is 14.7. The monoisotopic (exact) mass is 287 g/mol. The van der Waals surface area contributed by atoms with E-state index in [1.54, 1.807) is 38.7 Å². The van der Waals surface area contributed by atoms with Gasteiger partial charge in [-0.2, -0.15) is 0 Å². The number of anilines is 2. The number of nitrogens with zero attached hydrogens (tertiary/aromatic N) is 5. The molecule has 0 N–H and O–H groups in total. The second-order valence-corrected chi connectivity index (χ2v) is 4.57.